The first-order chi connectivity index (χ1) is 12.2. The molecule has 3 aromatic carbocycles. The van der Waals surface area contributed by atoms with Gasteiger partial charge in [0.15, 0.2) is 11.6 Å². The molecule has 0 aliphatic carbocycles. The van der Waals surface area contributed by atoms with E-state index in [1.807, 2.05) is 0 Å². The van der Waals surface area contributed by atoms with Gasteiger partial charge >= 0.3 is 6.11 Å². The SMILES string of the molecule is COc1cc(F)c(C(F)(F)Oc2ccc3cc(F)c(F)cc3c2)c(F)c1. The van der Waals surface area contributed by atoms with E-state index in [4.69, 9.17) is 0 Å². The van der Waals surface area contributed by atoms with Crippen molar-refractivity contribution in [3.8, 4) is 11.5 Å². The van der Waals surface area contributed by atoms with Gasteiger partial charge in [-0.2, -0.15) is 8.78 Å². The zero-order valence-electron chi connectivity index (χ0n) is 13.1. The fourth-order valence-electron chi connectivity index (χ4n) is 2.43. The Morgan fingerprint density at radius 1 is 0.692 bits per heavy atom. The van der Waals surface area contributed by atoms with Crippen molar-refractivity contribution < 1.29 is 35.8 Å². The smallest absolute Gasteiger partial charge is 0.432 e. The Balaban J connectivity index is 1.99. The van der Waals surface area contributed by atoms with Crippen molar-refractivity contribution in [3.63, 3.8) is 0 Å². The predicted octanol–water partition coefficient (Wildman–Crippen LogP) is 5.53. The minimum Gasteiger partial charge on any atom is -0.497 e. The van der Waals surface area contributed by atoms with Crippen LogP contribution in [0.1, 0.15) is 5.56 Å². The van der Waals surface area contributed by atoms with Gasteiger partial charge in [-0.15, -0.1) is 0 Å². The van der Waals surface area contributed by atoms with Gasteiger partial charge in [0.25, 0.3) is 0 Å². The molecule has 0 saturated heterocycles. The number of rotatable bonds is 4. The zero-order chi connectivity index (χ0) is 19.1. The monoisotopic (exact) mass is 372 g/mol. The fourth-order valence-corrected chi connectivity index (χ4v) is 2.43. The molecule has 0 saturated carbocycles. The summed E-state index contributed by atoms with van der Waals surface area (Å²) in [4.78, 5) is 0. The minimum atomic E-state index is -4.35. The molecule has 0 aliphatic rings. The molecule has 0 aromatic heterocycles. The second-order valence-corrected chi connectivity index (χ2v) is 5.36. The minimum absolute atomic E-state index is 0.0767. The normalized spacial score (nSPS) is 11.7. The van der Waals surface area contributed by atoms with Crippen molar-refractivity contribution in [2.75, 3.05) is 7.11 Å². The predicted molar refractivity (Wildman–Crippen MR) is 81.3 cm³/mol. The Kier molecular flexibility index (Phi) is 4.43. The lowest BCUT2D eigenvalue weighted by Gasteiger charge is -2.20. The van der Waals surface area contributed by atoms with E-state index < -0.39 is 40.7 Å². The van der Waals surface area contributed by atoms with Crippen LogP contribution in [0.4, 0.5) is 26.3 Å². The van der Waals surface area contributed by atoms with Crippen LogP contribution in [0.2, 0.25) is 0 Å². The molecule has 0 amide bonds. The third-order valence-electron chi connectivity index (χ3n) is 3.64. The Labute approximate surface area is 143 Å². The molecule has 26 heavy (non-hydrogen) atoms. The quantitative estimate of drug-likeness (QED) is 0.561. The molecule has 3 aromatic rings. The van der Waals surface area contributed by atoms with Crippen molar-refractivity contribution >= 4 is 10.8 Å². The summed E-state index contributed by atoms with van der Waals surface area (Å²) in [6, 6.07) is 6.13. The molecule has 0 aliphatic heterocycles. The van der Waals surface area contributed by atoms with E-state index in [-0.39, 0.29) is 16.5 Å². The lowest BCUT2D eigenvalue weighted by atomic mass is 10.1. The maximum absolute atomic E-state index is 14.3. The molecule has 0 radical (unpaired) electrons. The van der Waals surface area contributed by atoms with Crippen LogP contribution in [-0.2, 0) is 6.11 Å². The van der Waals surface area contributed by atoms with E-state index in [2.05, 4.69) is 9.47 Å². The van der Waals surface area contributed by atoms with Crippen LogP contribution in [0.25, 0.3) is 10.8 Å². The molecule has 2 nitrogen and oxygen atoms in total. The van der Waals surface area contributed by atoms with E-state index in [0.29, 0.717) is 12.1 Å². The summed E-state index contributed by atoms with van der Waals surface area (Å²) in [6.07, 6.45) is -4.35. The van der Waals surface area contributed by atoms with Crippen LogP contribution in [0, 0.1) is 23.3 Å². The molecular formula is C18H10F6O2. The number of hydrogen-bond donors (Lipinski definition) is 0. The maximum Gasteiger partial charge on any atom is 0.432 e. The summed E-state index contributed by atoms with van der Waals surface area (Å²) < 4.78 is 91.8. The topological polar surface area (TPSA) is 18.5 Å². The molecule has 0 heterocycles. The number of alkyl halides is 2. The summed E-state index contributed by atoms with van der Waals surface area (Å²) in [5, 5.41) is 0.314. The van der Waals surface area contributed by atoms with Crippen LogP contribution in [0.5, 0.6) is 11.5 Å². The first kappa shape index (κ1) is 17.9. The number of methoxy groups -OCH3 is 1. The van der Waals surface area contributed by atoms with Crippen molar-refractivity contribution in [2.24, 2.45) is 0 Å². The van der Waals surface area contributed by atoms with Crippen molar-refractivity contribution in [1.82, 2.24) is 0 Å². The number of benzene rings is 3. The molecular weight excluding hydrogens is 362 g/mol. The van der Waals surface area contributed by atoms with E-state index in [1.54, 1.807) is 0 Å². The Morgan fingerprint density at radius 2 is 1.27 bits per heavy atom. The van der Waals surface area contributed by atoms with E-state index in [1.165, 1.54) is 6.07 Å². The third kappa shape index (κ3) is 3.26. The van der Waals surface area contributed by atoms with Gasteiger partial charge in [0.2, 0.25) is 0 Å². The molecule has 0 atom stereocenters. The van der Waals surface area contributed by atoms with Crippen molar-refractivity contribution in [2.45, 2.75) is 6.11 Å². The largest absolute Gasteiger partial charge is 0.497 e. The summed E-state index contributed by atoms with van der Waals surface area (Å²) in [6.45, 7) is 0. The van der Waals surface area contributed by atoms with Gasteiger partial charge in [-0.25, -0.2) is 17.6 Å². The average Bonchev–Trinajstić information content (AvgIpc) is 2.54. The van der Waals surface area contributed by atoms with Gasteiger partial charge in [0.05, 0.1) is 7.11 Å². The molecule has 136 valence electrons. The highest BCUT2D eigenvalue weighted by atomic mass is 19.3. The average molecular weight is 372 g/mol. The number of fused-ring (bicyclic) bond motifs is 1. The van der Waals surface area contributed by atoms with E-state index in [0.717, 1.165) is 31.4 Å². The summed E-state index contributed by atoms with van der Waals surface area (Å²) in [5.41, 5.74) is -1.59. The first-order valence-electron chi connectivity index (χ1n) is 7.20. The number of ether oxygens (including phenoxy) is 2. The number of hydrogen-bond acceptors (Lipinski definition) is 2. The Bertz CT molecular complexity index is 964. The second kappa shape index (κ2) is 6.44. The molecule has 0 unspecified atom stereocenters. The molecule has 0 bridgehead atoms. The van der Waals surface area contributed by atoms with Crippen molar-refractivity contribution in [1.29, 1.82) is 0 Å². The van der Waals surface area contributed by atoms with Gasteiger partial charge in [0, 0.05) is 12.1 Å². The van der Waals surface area contributed by atoms with E-state index in [9.17, 15) is 26.3 Å². The highest BCUT2D eigenvalue weighted by Gasteiger charge is 2.41. The molecule has 0 fully saturated rings. The Morgan fingerprint density at radius 3 is 1.85 bits per heavy atom. The summed E-state index contributed by atoms with van der Waals surface area (Å²) in [5.74, 6) is -6.14. The fraction of sp³-hybridized carbons (Fsp3) is 0.111. The van der Waals surface area contributed by atoms with Crippen LogP contribution in [0.3, 0.4) is 0 Å². The molecule has 3 rings (SSSR count). The molecule has 0 N–H and O–H groups in total. The highest BCUT2D eigenvalue weighted by Crippen LogP contribution is 2.37. The van der Waals surface area contributed by atoms with Gasteiger partial charge in [-0.05, 0) is 35.0 Å². The molecule has 0 spiro atoms. The van der Waals surface area contributed by atoms with Crippen LogP contribution < -0.4 is 9.47 Å². The van der Waals surface area contributed by atoms with Gasteiger partial charge in [-0.3, -0.25) is 0 Å². The van der Waals surface area contributed by atoms with Crippen LogP contribution in [0.15, 0.2) is 42.5 Å². The summed E-state index contributed by atoms with van der Waals surface area (Å²) in [7, 11) is 1.12. The highest BCUT2D eigenvalue weighted by molar-refractivity contribution is 5.84. The lowest BCUT2D eigenvalue weighted by Crippen LogP contribution is -2.25. The molecule has 8 heteroatoms. The van der Waals surface area contributed by atoms with Crippen LogP contribution >= 0.6 is 0 Å². The first-order valence-corrected chi connectivity index (χ1v) is 7.20. The number of halogens is 6. The Hall–Kier alpha value is -2.90. The zero-order valence-corrected chi connectivity index (χ0v) is 13.1. The van der Waals surface area contributed by atoms with Gasteiger partial charge in [-0.1, -0.05) is 6.07 Å². The van der Waals surface area contributed by atoms with Crippen LogP contribution in [-0.4, -0.2) is 7.11 Å². The maximum atomic E-state index is 14.3. The lowest BCUT2D eigenvalue weighted by molar-refractivity contribution is -0.189. The van der Waals surface area contributed by atoms with Gasteiger partial charge in [0.1, 0.15) is 28.7 Å². The standard InChI is InChI=1S/C18H10F6O2/c1-25-12-7-15(21)17(16(22)8-12)18(23,24)26-11-3-2-9-5-13(19)14(20)6-10(9)4-11/h2-8H,1H3. The van der Waals surface area contributed by atoms with Gasteiger partial charge < -0.3 is 9.47 Å². The second-order valence-electron chi connectivity index (χ2n) is 5.36. The van der Waals surface area contributed by atoms with E-state index >= 15 is 0 Å². The third-order valence-corrected chi connectivity index (χ3v) is 3.64. The summed E-state index contributed by atoms with van der Waals surface area (Å²) >= 11 is 0. The van der Waals surface area contributed by atoms with Crippen molar-refractivity contribution in [3.05, 3.63) is 71.3 Å².